The molecule has 0 fully saturated rings. The Morgan fingerprint density at radius 1 is 0.958 bits per heavy atom. The molecule has 0 amide bonds. The van der Waals surface area contributed by atoms with Gasteiger partial charge in [0.05, 0.1) is 13.0 Å². The molecule has 2 aromatic rings. The predicted molar refractivity (Wildman–Crippen MR) is 105 cm³/mol. The van der Waals surface area contributed by atoms with Crippen molar-refractivity contribution in [2.45, 2.75) is 38.9 Å². The summed E-state index contributed by atoms with van der Waals surface area (Å²) in [5.41, 5.74) is 2.47. The number of rotatable bonds is 7. The normalized spacial score (nSPS) is 12.2. The first-order chi connectivity index (χ1) is 11.6. The van der Waals surface area contributed by atoms with Crippen molar-refractivity contribution in [1.29, 1.82) is 0 Å². The second-order valence-corrected chi connectivity index (χ2v) is 11.3. The molecule has 0 radical (unpaired) electrons. The zero-order valence-electron chi connectivity index (χ0n) is 14.7. The van der Waals surface area contributed by atoms with Crippen molar-refractivity contribution in [3.63, 3.8) is 0 Å². The number of hydrogen-bond acceptors (Lipinski definition) is 2. The number of nitro benzene ring substituents is 1. The lowest BCUT2D eigenvalue weighted by atomic mass is 10.1. The maximum Gasteiger partial charge on any atom is 0.269 e. The predicted octanol–water partition coefficient (Wildman–Crippen LogP) is 6.18. The summed E-state index contributed by atoms with van der Waals surface area (Å²) in [6.45, 7) is 6.84. The minimum absolute atomic E-state index is 0.148. The number of hydrogen-bond donors (Lipinski definition) is 0. The van der Waals surface area contributed by atoms with E-state index in [0.29, 0.717) is 0 Å². The van der Waals surface area contributed by atoms with Crippen molar-refractivity contribution in [2.24, 2.45) is 0 Å². The highest BCUT2D eigenvalue weighted by Crippen LogP contribution is 2.37. The first kappa shape index (κ1) is 18.1. The highest BCUT2D eigenvalue weighted by atomic mass is 28.3. The average Bonchev–Trinajstić information content (AvgIpc) is 2.63. The number of non-ortho nitro benzene ring substituents is 1. The topological polar surface area (TPSA) is 43.1 Å². The number of benzene rings is 2. The van der Waals surface area contributed by atoms with Gasteiger partial charge in [0.15, 0.2) is 0 Å². The smallest absolute Gasteiger partial charge is 0.258 e. The van der Waals surface area contributed by atoms with Crippen molar-refractivity contribution >= 4 is 25.0 Å². The molecule has 0 spiro atoms. The molecule has 0 heterocycles. The zero-order valence-corrected chi connectivity index (χ0v) is 15.7. The van der Waals surface area contributed by atoms with Gasteiger partial charge in [-0.25, -0.2) is 0 Å². The highest BCUT2D eigenvalue weighted by molar-refractivity contribution is 6.97. The summed E-state index contributed by atoms with van der Waals surface area (Å²) >= 11 is 0. The van der Waals surface area contributed by atoms with Gasteiger partial charge in [0.1, 0.15) is 0 Å². The molecule has 0 saturated heterocycles. The second kappa shape index (κ2) is 8.06. The Balaban J connectivity index is 2.58. The second-order valence-electron chi connectivity index (χ2n) is 6.11. The molecule has 0 unspecified atom stereocenters. The molecule has 0 N–H and O–H groups in total. The molecule has 2 aromatic carbocycles. The van der Waals surface area contributed by atoms with Gasteiger partial charge in [-0.1, -0.05) is 80.5 Å². The van der Waals surface area contributed by atoms with Crippen LogP contribution in [0.2, 0.25) is 18.1 Å². The Kier molecular flexibility index (Phi) is 6.09. The van der Waals surface area contributed by atoms with E-state index in [9.17, 15) is 10.1 Å². The number of nitrogens with zero attached hydrogens (tertiary/aromatic N) is 1. The SMILES string of the molecule is CC[Si](CC)(CC)/C(=C/c1ccccc1)c1ccc([N+](=O)[O-])cc1. The largest absolute Gasteiger partial charge is 0.269 e. The van der Waals surface area contributed by atoms with E-state index in [0.717, 1.165) is 5.56 Å². The first-order valence-electron chi connectivity index (χ1n) is 8.58. The third kappa shape index (κ3) is 3.82. The maximum atomic E-state index is 10.9. The van der Waals surface area contributed by atoms with Crippen molar-refractivity contribution < 1.29 is 4.92 Å². The monoisotopic (exact) mass is 339 g/mol. The Labute approximate surface area is 145 Å². The highest BCUT2D eigenvalue weighted by Gasteiger charge is 2.32. The minimum Gasteiger partial charge on any atom is -0.258 e. The van der Waals surface area contributed by atoms with Crippen molar-refractivity contribution in [1.82, 2.24) is 0 Å². The molecule has 0 aromatic heterocycles. The van der Waals surface area contributed by atoms with Crippen LogP contribution in [0.4, 0.5) is 5.69 Å². The number of nitro groups is 1. The van der Waals surface area contributed by atoms with Gasteiger partial charge in [-0.3, -0.25) is 10.1 Å². The van der Waals surface area contributed by atoms with E-state index in [-0.39, 0.29) is 10.6 Å². The summed E-state index contributed by atoms with van der Waals surface area (Å²) in [4.78, 5) is 10.6. The van der Waals surface area contributed by atoms with E-state index in [1.54, 1.807) is 12.1 Å². The van der Waals surface area contributed by atoms with Crippen molar-refractivity contribution in [3.8, 4) is 0 Å². The lowest BCUT2D eigenvalue weighted by Crippen LogP contribution is -2.33. The lowest BCUT2D eigenvalue weighted by Gasteiger charge is -2.32. The van der Waals surface area contributed by atoms with Gasteiger partial charge in [0.2, 0.25) is 0 Å². The quantitative estimate of drug-likeness (QED) is 0.261. The summed E-state index contributed by atoms with van der Waals surface area (Å²) in [6.07, 6.45) is 2.30. The van der Waals surface area contributed by atoms with Crippen LogP contribution in [-0.2, 0) is 0 Å². The van der Waals surface area contributed by atoms with Gasteiger partial charge < -0.3 is 0 Å². The molecule has 0 aliphatic rings. The first-order valence-corrected chi connectivity index (χ1v) is 11.2. The summed E-state index contributed by atoms with van der Waals surface area (Å²) in [5, 5.41) is 12.3. The van der Waals surface area contributed by atoms with Gasteiger partial charge >= 0.3 is 0 Å². The van der Waals surface area contributed by atoms with Crippen LogP contribution in [-0.4, -0.2) is 13.0 Å². The fraction of sp³-hybridized carbons (Fsp3) is 0.300. The molecule has 0 aliphatic heterocycles. The van der Waals surface area contributed by atoms with E-state index in [2.05, 4.69) is 39.0 Å². The average molecular weight is 340 g/mol. The van der Waals surface area contributed by atoms with Crippen molar-refractivity contribution in [3.05, 3.63) is 75.8 Å². The van der Waals surface area contributed by atoms with Crippen LogP contribution in [0.25, 0.3) is 11.3 Å². The van der Waals surface area contributed by atoms with Crippen LogP contribution in [0.5, 0.6) is 0 Å². The molecule has 2 rings (SSSR count). The summed E-state index contributed by atoms with van der Waals surface area (Å²) in [7, 11) is -1.62. The fourth-order valence-corrected chi connectivity index (χ4v) is 7.24. The summed E-state index contributed by atoms with van der Waals surface area (Å²) < 4.78 is 0. The van der Waals surface area contributed by atoms with Gasteiger partial charge in [0, 0.05) is 12.1 Å². The van der Waals surface area contributed by atoms with E-state index >= 15 is 0 Å². The standard InChI is InChI=1S/C20H25NO2Si/c1-4-24(5-2,6-3)20(16-17-10-8-7-9-11-17)18-12-14-19(15-13-18)21(22)23/h7-16H,4-6H2,1-3H3/b20-16+. The molecule has 0 bridgehead atoms. The molecule has 0 aliphatic carbocycles. The lowest BCUT2D eigenvalue weighted by molar-refractivity contribution is -0.384. The fourth-order valence-electron chi connectivity index (χ4n) is 3.34. The Bertz CT molecular complexity index is 696. The van der Waals surface area contributed by atoms with Crippen LogP contribution in [0.15, 0.2) is 54.6 Å². The van der Waals surface area contributed by atoms with Crippen molar-refractivity contribution in [2.75, 3.05) is 0 Å². The van der Waals surface area contributed by atoms with Crippen LogP contribution in [0.3, 0.4) is 0 Å². The van der Waals surface area contributed by atoms with Gasteiger partial charge in [-0.15, -0.1) is 0 Å². The molecule has 0 saturated carbocycles. The van der Waals surface area contributed by atoms with E-state index in [4.69, 9.17) is 0 Å². The molecule has 0 atom stereocenters. The Hall–Kier alpha value is -2.20. The zero-order chi connectivity index (χ0) is 17.6. The van der Waals surface area contributed by atoms with Crippen LogP contribution in [0.1, 0.15) is 31.9 Å². The molecule has 24 heavy (non-hydrogen) atoms. The Morgan fingerprint density at radius 2 is 1.50 bits per heavy atom. The maximum absolute atomic E-state index is 10.9. The van der Waals surface area contributed by atoms with E-state index in [1.165, 1.54) is 28.9 Å². The van der Waals surface area contributed by atoms with Gasteiger partial charge in [0.25, 0.3) is 5.69 Å². The summed E-state index contributed by atoms with van der Waals surface area (Å²) in [5.74, 6) is 0. The third-order valence-corrected chi connectivity index (χ3v) is 10.7. The molecular formula is C20H25NO2Si. The van der Waals surface area contributed by atoms with E-state index in [1.807, 2.05) is 30.3 Å². The minimum atomic E-state index is -1.62. The molecule has 4 heteroatoms. The molecular weight excluding hydrogens is 314 g/mol. The van der Waals surface area contributed by atoms with Gasteiger partial charge in [-0.2, -0.15) is 0 Å². The van der Waals surface area contributed by atoms with Crippen LogP contribution >= 0.6 is 0 Å². The molecule has 3 nitrogen and oxygen atoms in total. The van der Waals surface area contributed by atoms with Gasteiger partial charge in [-0.05, 0) is 23.3 Å². The molecule has 126 valence electrons. The summed E-state index contributed by atoms with van der Waals surface area (Å²) in [6, 6.07) is 20.9. The Morgan fingerprint density at radius 3 is 1.96 bits per heavy atom. The van der Waals surface area contributed by atoms with E-state index < -0.39 is 8.07 Å². The third-order valence-electron chi connectivity index (χ3n) is 5.10. The van der Waals surface area contributed by atoms with Crippen LogP contribution in [0, 0.1) is 10.1 Å². The van der Waals surface area contributed by atoms with Crippen LogP contribution < -0.4 is 0 Å².